The van der Waals surface area contributed by atoms with Crippen LogP contribution in [-0.2, 0) is 74.6 Å². The molecule has 0 saturated carbocycles. The molecule has 370 valence electrons. The minimum atomic E-state index is 0.565. The normalized spacial score (nSPS) is 12.7. The van der Waals surface area contributed by atoms with E-state index in [1.807, 2.05) is 60.7 Å². The number of benzene rings is 4. The summed E-state index contributed by atoms with van der Waals surface area (Å²) in [5.74, 6) is 0. The van der Waals surface area contributed by atoms with Crippen molar-refractivity contribution in [1.29, 1.82) is 0 Å². The van der Waals surface area contributed by atoms with Crippen LogP contribution in [0, 0.1) is 0 Å². The molecule has 0 saturated heterocycles. The van der Waals surface area contributed by atoms with E-state index in [1.165, 1.54) is 134 Å². The predicted octanol–water partition coefficient (Wildman–Crippen LogP) is 18.6. The van der Waals surface area contributed by atoms with Crippen LogP contribution in [0.1, 0.15) is 227 Å². The second kappa shape index (κ2) is 33.0. The van der Waals surface area contributed by atoms with E-state index < -0.39 is 0 Å². The molecule has 1 aliphatic rings. The monoisotopic (exact) mass is 953 g/mol. The van der Waals surface area contributed by atoms with Crippen molar-refractivity contribution in [2.45, 2.75) is 223 Å². The van der Waals surface area contributed by atoms with Gasteiger partial charge in [0.05, 0.1) is 0 Å². The molecule has 4 nitrogen and oxygen atoms in total. The van der Waals surface area contributed by atoms with Gasteiger partial charge < -0.3 is 5.53 Å². The molecule has 0 amide bonds. The van der Waals surface area contributed by atoms with Crippen molar-refractivity contribution < 1.29 is 27.5 Å². The summed E-state index contributed by atoms with van der Waals surface area (Å²) in [5.41, 5.74) is 31.8. The number of aryl methyl sites for hydroxylation is 4. The molecule has 0 aliphatic carbocycles. The van der Waals surface area contributed by atoms with Gasteiger partial charge in [-0.25, -0.2) is 4.70 Å². The summed E-state index contributed by atoms with van der Waals surface area (Å²) in [4.78, 5) is 0. The van der Waals surface area contributed by atoms with E-state index >= 15 is 0 Å². The van der Waals surface area contributed by atoms with Crippen molar-refractivity contribution in [3.8, 4) is 0 Å². The first kappa shape index (κ1) is 56.0. The molecular weight excluding hydrogens is 863 g/mol. The molecule has 0 radical (unpaired) electrons. The summed E-state index contributed by atoms with van der Waals surface area (Å²) in [5, 5.41) is 0. The van der Waals surface area contributed by atoms with Gasteiger partial charge in [0.25, 0.3) is 0 Å². The Bertz CT molecular complexity index is 1880. The maximum atomic E-state index is 12.7. The average Bonchev–Trinajstić information content (AvgIpc) is 3.64. The molecule has 1 aliphatic heterocycles. The Labute approximate surface area is 416 Å². The molecule has 0 spiro atoms. The van der Waals surface area contributed by atoms with E-state index in [9.17, 15) is 5.53 Å². The topological polar surface area (TPSA) is 43.8 Å². The summed E-state index contributed by atoms with van der Waals surface area (Å²) in [6.07, 6.45) is 28.2. The zero-order valence-electron chi connectivity index (χ0n) is 43.5. The van der Waals surface area contributed by atoms with Crippen LogP contribution in [0.4, 0.5) is 0 Å². The van der Waals surface area contributed by atoms with E-state index in [2.05, 4.69) is 79.7 Å². The quantitative estimate of drug-likeness (QED) is 0.0278. The third-order valence-electron chi connectivity index (χ3n) is 13.3. The Morgan fingerprint density at radius 2 is 0.672 bits per heavy atom. The van der Waals surface area contributed by atoms with Gasteiger partial charge in [0.1, 0.15) is 0 Å². The van der Waals surface area contributed by atoms with Crippen molar-refractivity contribution in [2.24, 2.45) is 0 Å². The first-order valence-electron chi connectivity index (χ1n) is 27.1. The second-order valence-corrected chi connectivity index (χ2v) is 19.6. The summed E-state index contributed by atoms with van der Waals surface area (Å²) >= 11 is 0.863. The van der Waals surface area contributed by atoms with Crippen LogP contribution in [-0.4, -0.2) is 4.70 Å². The van der Waals surface area contributed by atoms with Crippen LogP contribution in [0.2, 0.25) is 0 Å². The predicted molar refractivity (Wildman–Crippen MR) is 284 cm³/mol. The molecule has 0 bridgehead atoms. The van der Waals surface area contributed by atoms with Gasteiger partial charge in [-0.15, -0.1) is 0 Å². The third kappa shape index (κ3) is 18.0. The van der Waals surface area contributed by atoms with Crippen LogP contribution < -0.4 is 0 Å². The average molecular weight is 954 g/mol. The Balaban J connectivity index is 0.000000479. The standard InChI is InChI=1S/C48H76N2.2C7H7O.Ni/c1-9-17-25-37-33-41(34-38(26-18-10-2)43(37)29-21-13-5)47-45(31-23-15-7)46(32-24-16-8)48(50(47)49)42-35-39(27-19-11-3)44(30-22-14-6)40(36-42)28-20-12-4;2*8-6-7-4-2-1-3-5-7;/h33-36H,9-32H2,1-8H3;2*1-5H,6H2;/q;2*-1;+2. The molecule has 67 heavy (non-hydrogen) atoms. The minimum absolute atomic E-state index is 0.565. The van der Waals surface area contributed by atoms with Crippen LogP contribution in [0.3, 0.4) is 0 Å². The fraction of sp³-hybridized carbons (Fsp3) is 0.548. The van der Waals surface area contributed by atoms with Crippen LogP contribution in [0.15, 0.2) is 96.1 Å². The van der Waals surface area contributed by atoms with Gasteiger partial charge in [-0.1, -0.05) is 107 Å². The summed E-state index contributed by atoms with van der Waals surface area (Å²) in [6.45, 7) is 19.7. The van der Waals surface area contributed by atoms with Gasteiger partial charge in [0.15, 0.2) is 0 Å². The number of unbranched alkanes of at least 4 members (excludes halogenated alkanes) is 8. The Morgan fingerprint density at radius 3 is 0.970 bits per heavy atom. The van der Waals surface area contributed by atoms with Crippen molar-refractivity contribution in [3.05, 3.63) is 157 Å². The number of nitrogens with zero attached hydrogens (tertiary/aromatic N) is 2. The first-order valence-corrected chi connectivity index (χ1v) is 27.9. The zero-order chi connectivity index (χ0) is 48.1. The number of hydrogen-bond acceptors (Lipinski definition) is 2. The molecule has 5 rings (SSSR count). The Kier molecular flexibility index (Phi) is 27.6. The van der Waals surface area contributed by atoms with Crippen LogP contribution >= 0.6 is 0 Å². The maximum absolute atomic E-state index is 12.7. The van der Waals surface area contributed by atoms with Gasteiger partial charge in [-0.05, 0) is 160 Å². The molecule has 0 N–H and O–H groups in total. The fourth-order valence-corrected chi connectivity index (χ4v) is 9.92. The molecular formula is C62H90N2NiO2. The first-order chi connectivity index (χ1) is 32.9. The molecule has 1 heterocycles. The summed E-state index contributed by atoms with van der Waals surface area (Å²) < 4.78 is 12.4. The number of rotatable bonds is 32. The van der Waals surface area contributed by atoms with E-state index in [4.69, 9.17) is 7.76 Å². The van der Waals surface area contributed by atoms with Crippen LogP contribution in [0.25, 0.3) is 16.9 Å². The molecule has 0 atom stereocenters. The Morgan fingerprint density at radius 1 is 0.388 bits per heavy atom. The number of hydrogen-bond donors (Lipinski definition) is 0. The molecule has 4 aromatic rings. The van der Waals surface area contributed by atoms with Gasteiger partial charge >= 0.3 is 108 Å². The van der Waals surface area contributed by atoms with Gasteiger partial charge in [0, 0.05) is 22.3 Å². The Hall–Kier alpha value is -3.63. The van der Waals surface area contributed by atoms with Crippen molar-refractivity contribution in [2.75, 3.05) is 0 Å². The van der Waals surface area contributed by atoms with E-state index in [0.717, 1.165) is 102 Å². The zero-order valence-corrected chi connectivity index (χ0v) is 44.5. The molecule has 5 heteroatoms. The SMILES string of the molecule is CCCCC1=C(c2cc(CCCC)c(CCCC)c(CCCC)c2)[N+](=[N-])C(c2cc(CCCC)c(CCCC)c(CCCC)c2)=C1CCCC.c1ccc(C[O][Ni][O]Cc2ccccc2)cc1. The van der Waals surface area contributed by atoms with E-state index in [1.54, 1.807) is 15.8 Å². The third-order valence-corrected chi connectivity index (χ3v) is 13.8. The summed E-state index contributed by atoms with van der Waals surface area (Å²) in [7, 11) is 0. The van der Waals surface area contributed by atoms with E-state index in [0.29, 0.717) is 13.2 Å². The van der Waals surface area contributed by atoms with Gasteiger partial charge in [-0.2, -0.15) is 0 Å². The summed E-state index contributed by atoms with van der Waals surface area (Å²) in [6, 6.07) is 30.1. The number of allylic oxidation sites excluding steroid dienone is 2. The van der Waals surface area contributed by atoms with Crippen LogP contribution in [0.5, 0.6) is 0 Å². The van der Waals surface area contributed by atoms with E-state index in [-0.39, 0.29) is 0 Å². The van der Waals surface area contributed by atoms with Gasteiger partial charge in [0.2, 0.25) is 11.4 Å². The molecule has 0 fully saturated rings. The van der Waals surface area contributed by atoms with Crippen molar-refractivity contribution in [3.63, 3.8) is 0 Å². The molecule has 4 aromatic carbocycles. The van der Waals surface area contributed by atoms with Gasteiger partial charge in [-0.3, -0.25) is 0 Å². The van der Waals surface area contributed by atoms with Crippen molar-refractivity contribution >= 4 is 11.4 Å². The van der Waals surface area contributed by atoms with Crippen molar-refractivity contribution in [1.82, 2.24) is 0 Å². The fourth-order valence-electron chi connectivity index (χ4n) is 9.39. The molecule has 0 unspecified atom stereocenters. The molecule has 0 aromatic heterocycles. The second-order valence-electron chi connectivity index (χ2n) is 18.8.